The van der Waals surface area contributed by atoms with E-state index in [2.05, 4.69) is 0 Å². The van der Waals surface area contributed by atoms with Gasteiger partial charge in [-0.1, -0.05) is 6.07 Å². The van der Waals surface area contributed by atoms with Crippen molar-refractivity contribution in [3.8, 4) is 17.2 Å². The van der Waals surface area contributed by atoms with Crippen molar-refractivity contribution in [2.45, 2.75) is 0 Å². The number of carbonyl (C=O) groups is 2. The zero-order chi connectivity index (χ0) is 16.9. The maximum atomic E-state index is 12.3. The van der Waals surface area contributed by atoms with E-state index in [-0.39, 0.29) is 11.3 Å². The number of aromatic nitrogens is 1. The van der Waals surface area contributed by atoms with Gasteiger partial charge < -0.3 is 14.0 Å². The average Bonchev–Trinajstić information content (AvgIpc) is 3.16. The summed E-state index contributed by atoms with van der Waals surface area (Å²) in [4.78, 5) is 23.5. The summed E-state index contributed by atoms with van der Waals surface area (Å²) in [6.45, 7) is 0. The highest BCUT2D eigenvalue weighted by Crippen LogP contribution is 2.30. The van der Waals surface area contributed by atoms with Crippen molar-refractivity contribution in [3.63, 3.8) is 0 Å². The molecule has 1 aromatic heterocycles. The predicted molar refractivity (Wildman–Crippen MR) is 89.1 cm³/mol. The van der Waals surface area contributed by atoms with Gasteiger partial charge in [-0.2, -0.15) is 0 Å². The summed E-state index contributed by atoms with van der Waals surface area (Å²) in [5.74, 6) is -0.104. The van der Waals surface area contributed by atoms with E-state index < -0.39 is 5.97 Å². The molecule has 0 N–H and O–H groups in total. The summed E-state index contributed by atoms with van der Waals surface area (Å²) >= 11 is 0. The molecule has 3 rings (SSSR count). The zero-order valence-electron chi connectivity index (χ0n) is 13.0. The second-order valence-electron chi connectivity index (χ2n) is 5.02. The van der Waals surface area contributed by atoms with Gasteiger partial charge in [-0.15, -0.1) is 0 Å². The van der Waals surface area contributed by atoms with E-state index in [4.69, 9.17) is 9.47 Å². The van der Waals surface area contributed by atoms with Crippen LogP contribution in [0.2, 0.25) is 0 Å². The van der Waals surface area contributed by atoms with Gasteiger partial charge in [-0.25, -0.2) is 4.79 Å². The third kappa shape index (κ3) is 3.05. The van der Waals surface area contributed by atoms with Crippen LogP contribution >= 0.6 is 0 Å². The van der Waals surface area contributed by atoms with Gasteiger partial charge in [0.1, 0.15) is 0 Å². The van der Waals surface area contributed by atoms with Gasteiger partial charge in [-0.3, -0.25) is 4.79 Å². The number of methoxy groups -OCH3 is 1. The number of aldehydes is 1. The number of hydrogen-bond donors (Lipinski definition) is 0. The van der Waals surface area contributed by atoms with Crippen LogP contribution in [0.5, 0.6) is 11.5 Å². The minimum absolute atomic E-state index is 0.120. The molecule has 0 radical (unpaired) electrons. The quantitative estimate of drug-likeness (QED) is 0.410. The number of para-hydroxylation sites is 1. The molecule has 0 spiro atoms. The van der Waals surface area contributed by atoms with Gasteiger partial charge >= 0.3 is 5.97 Å². The van der Waals surface area contributed by atoms with Crippen molar-refractivity contribution in [1.82, 2.24) is 4.57 Å². The third-order valence-electron chi connectivity index (χ3n) is 3.56. The Labute approximate surface area is 139 Å². The Morgan fingerprint density at radius 3 is 2.33 bits per heavy atom. The molecule has 0 bridgehead atoms. The highest BCUT2D eigenvalue weighted by atomic mass is 16.6. The molecule has 0 aliphatic heterocycles. The lowest BCUT2D eigenvalue weighted by molar-refractivity contribution is 0.0728. The second kappa shape index (κ2) is 6.83. The molecule has 0 saturated heterocycles. The molecule has 0 aliphatic carbocycles. The van der Waals surface area contributed by atoms with Gasteiger partial charge in [0.05, 0.1) is 18.2 Å². The summed E-state index contributed by atoms with van der Waals surface area (Å²) in [5.41, 5.74) is 1.57. The lowest BCUT2D eigenvalue weighted by Crippen LogP contribution is -2.11. The van der Waals surface area contributed by atoms with Crippen LogP contribution in [-0.4, -0.2) is 23.9 Å². The number of esters is 1. The Balaban J connectivity index is 1.84. The number of benzene rings is 2. The number of carbonyl (C=O) groups excluding carboxylic acids is 2. The molecular weight excluding hydrogens is 306 g/mol. The van der Waals surface area contributed by atoms with E-state index in [1.807, 2.05) is 41.2 Å². The fourth-order valence-corrected chi connectivity index (χ4v) is 2.32. The zero-order valence-corrected chi connectivity index (χ0v) is 13.0. The highest BCUT2D eigenvalue weighted by molar-refractivity contribution is 5.93. The molecule has 0 unspecified atom stereocenters. The van der Waals surface area contributed by atoms with E-state index in [0.29, 0.717) is 17.6 Å². The van der Waals surface area contributed by atoms with E-state index in [0.717, 1.165) is 5.69 Å². The molecule has 0 fully saturated rings. The summed E-state index contributed by atoms with van der Waals surface area (Å²) in [7, 11) is 1.45. The van der Waals surface area contributed by atoms with Crippen molar-refractivity contribution in [2.24, 2.45) is 0 Å². The maximum absolute atomic E-state index is 12.3. The van der Waals surface area contributed by atoms with E-state index in [1.54, 1.807) is 30.3 Å². The molecule has 120 valence electrons. The highest BCUT2D eigenvalue weighted by Gasteiger charge is 2.16. The molecule has 0 amide bonds. The van der Waals surface area contributed by atoms with Crippen LogP contribution in [0, 0.1) is 0 Å². The standard InChI is InChI=1S/C19H15NO4/c1-23-17-6-4-5-15(13-21)18(17)24-19(22)14-7-9-16(10-8-14)20-11-2-3-12-20/h2-13H,1H3. The van der Waals surface area contributed by atoms with Crippen LogP contribution in [0.25, 0.3) is 5.69 Å². The van der Waals surface area contributed by atoms with Gasteiger partial charge in [0.2, 0.25) is 0 Å². The number of rotatable bonds is 5. The Kier molecular flexibility index (Phi) is 4.43. The van der Waals surface area contributed by atoms with Crippen molar-refractivity contribution in [3.05, 3.63) is 78.1 Å². The number of nitrogens with zero attached hydrogens (tertiary/aromatic N) is 1. The SMILES string of the molecule is COc1cccc(C=O)c1OC(=O)c1ccc(-n2cccc2)cc1. The Hall–Kier alpha value is -3.34. The van der Waals surface area contributed by atoms with Crippen LogP contribution in [0.1, 0.15) is 20.7 Å². The average molecular weight is 321 g/mol. The lowest BCUT2D eigenvalue weighted by Gasteiger charge is -2.11. The number of hydrogen-bond acceptors (Lipinski definition) is 4. The molecule has 1 heterocycles. The Morgan fingerprint density at radius 2 is 1.71 bits per heavy atom. The topological polar surface area (TPSA) is 57.5 Å². The van der Waals surface area contributed by atoms with Crippen molar-refractivity contribution < 1.29 is 19.1 Å². The summed E-state index contributed by atoms with van der Waals surface area (Å²) in [6, 6.07) is 15.7. The fourth-order valence-electron chi connectivity index (χ4n) is 2.32. The van der Waals surface area contributed by atoms with Gasteiger partial charge in [0.25, 0.3) is 0 Å². The Morgan fingerprint density at radius 1 is 1.00 bits per heavy atom. The fraction of sp³-hybridized carbons (Fsp3) is 0.0526. The first-order chi connectivity index (χ1) is 11.7. The minimum Gasteiger partial charge on any atom is -0.493 e. The monoisotopic (exact) mass is 321 g/mol. The van der Waals surface area contributed by atoms with E-state index in [9.17, 15) is 9.59 Å². The summed E-state index contributed by atoms with van der Waals surface area (Å²) in [6.07, 6.45) is 4.46. The van der Waals surface area contributed by atoms with Gasteiger partial charge in [0.15, 0.2) is 17.8 Å². The first-order valence-electron chi connectivity index (χ1n) is 7.30. The molecule has 0 atom stereocenters. The molecule has 0 saturated carbocycles. The second-order valence-corrected chi connectivity index (χ2v) is 5.02. The summed E-state index contributed by atoms with van der Waals surface area (Å²) < 4.78 is 12.5. The van der Waals surface area contributed by atoms with Crippen molar-refractivity contribution >= 4 is 12.3 Å². The minimum atomic E-state index is -0.554. The van der Waals surface area contributed by atoms with Crippen LogP contribution in [-0.2, 0) is 0 Å². The van der Waals surface area contributed by atoms with E-state index >= 15 is 0 Å². The molecule has 3 aromatic rings. The molecular formula is C19H15NO4. The maximum Gasteiger partial charge on any atom is 0.343 e. The van der Waals surface area contributed by atoms with Gasteiger partial charge in [-0.05, 0) is 48.5 Å². The molecule has 5 nitrogen and oxygen atoms in total. The van der Waals surface area contributed by atoms with E-state index in [1.165, 1.54) is 7.11 Å². The van der Waals surface area contributed by atoms with Crippen LogP contribution in [0.3, 0.4) is 0 Å². The molecule has 2 aromatic carbocycles. The summed E-state index contributed by atoms with van der Waals surface area (Å²) in [5, 5.41) is 0. The molecule has 5 heteroatoms. The smallest absolute Gasteiger partial charge is 0.343 e. The van der Waals surface area contributed by atoms with Crippen LogP contribution in [0.15, 0.2) is 67.0 Å². The lowest BCUT2D eigenvalue weighted by atomic mass is 10.2. The van der Waals surface area contributed by atoms with Crippen molar-refractivity contribution in [1.29, 1.82) is 0 Å². The number of ether oxygens (including phenoxy) is 2. The van der Waals surface area contributed by atoms with Gasteiger partial charge in [0, 0.05) is 18.1 Å². The largest absolute Gasteiger partial charge is 0.493 e. The van der Waals surface area contributed by atoms with Crippen LogP contribution < -0.4 is 9.47 Å². The van der Waals surface area contributed by atoms with Crippen LogP contribution in [0.4, 0.5) is 0 Å². The van der Waals surface area contributed by atoms with Crippen molar-refractivity contribution in [2.75, 3.05) is 7.11 Å². The predicted octanol–water partition coefficient (Wildman–Crippen LogP) is 3.52. The molecule has 0 aliphatic rings. The first kappa shape index (κ1) is 15.6. The Bertz CT molecular complexity index is 852. The normalized spacial score (nSPS) is 10.2. The first-order valence-corrected chi connectivity index (χ1v) is 7.30. The third-order valence-corrected chi connectivity index (χ3v) is 3.56. The molecule has 24 heavy (non-hydrogen) atoms.